The molecule has 0 radical (unpaired) electrons. The molecule has 0 aliphatic carbocycles. The van der Waals surface area contributed by atoms with Gasteiger partial charge in [0.25, 0.3) is 10.2 Å². The molecular formula is C9H20N2O2S. The molecule has 4 nitrogen and oxygen atoms in total. The van der Waals surface area contributed by atoms with Crippen LogP contribution in [0.3, 0.4) is 0 Å². The van der Waals surface area contributed by atoms with Crippen molar-refractivity contribution in [2.24, 2.45) is 11.8 Å². The highest BCUT2D eigenvalue weighted by Gasteiger charge is 2.31. The van der Waals surface area contributed by atoms with E-state index in [9.17, 15) is 8.42 Å². The van der Waals surface area contributed by atoms with Crippen molar-refractivity contribution in [2.75, 3.05) is 27.2 Å². The Hall–Kier alpha value is -0.130. The maximum absolute atomic E-state index is 11.8. The molecule has 1 heterocycles. The van der Waals surface area contributed by atoms with Crippen LogP contribution in [0.1, 0.15) is 20.3 Å². The average Bonchev–Trinajstić information content (AvgIpc) is 2.01. The maximum atomic E-state index is 11.8. The van der Waals surface area contributed by atoms with Crippen LogP contribution in [0.4, 0.5) is 0 Å². The van der Waals surface area contributed by atoms with Crippen LogP contribution in [-0.4, -0.2) is 44.2 Å². The van der Waals surface area contributed by atoms with E-state index in [0.29, 0.717) is 24.9 Å². The summed E-state index contributed by atoms with van der Waals surface area (Å²) in [5.41, 5.74) is 0. The largest absolute Gasteiger partial charge is 0.281 e. The second-order valence-electron chi connectivity index (χ2n) is 4.55. The molecule has 0 saturated carbocycles. The number of rotatable bonds is 2. The molecule has 2 atom stereocenters. The molecule has 0 unspecified atom stereocenters. The molecule has 84 valence electrons. The highest BCUT2D eigenvalue weighted by atomic mass is 32.2. The molecule has 5 heteroatoms. The Balaban J connectivity index is 2.78. The molecule has 0 N–H and O–H groups in total. The lowest BCUT2D eigenvalue weighted by atomic mass is 9.94. The zero-order valence-corrected chi connectivity index (χ0v) is 10.2. The predicted octanol–water partition coefficient (Wildman–Crippen LogP) is 0.771. The highest BCUT2D eigenvalue weighted by Crippen LogP contribution is 2.23. The summed E-state index contributed by atoms with van der Waals surface area (Å²) < 4.78 is 26.5. The lowest BCUT2D eigenvalue weighted by Crippen LogP contribution is -2.47. The first-order valence-corrected chi connectivity index (χ1v) is 6.41. The molecule has 1 saturated heterocycles. The third kappa shape index (κ3) is 2.46. The van der Waals surface area contributed by atoms with Gasteiger partial charge in [-0.1, -0.05) is 13.8 Å². The van der Waals surface area contributed by atoms with Gasteiger partial charge in [-0.3, -0.25) is 0 Å². The standard InChI is InChI=1S/C9H20N2O2S/c1-8-5-9(2)7-11(6-8)14(12,13)10(3)4/h8-9H,5-7H2,1-4H3/t8-,9+. The van der Waals surface area contributed by atoms with Crippen LogP contribution in [-0.2, 0) is 10.2 Å². The Bertz CT molecular complexity index is 277. The minimum Gasteiger partial charge on any atom is -0.195 e. The van der Waals surface area contributed by atoms with Gasteiger partial charge in [0.2, 0.25) is 0 Å². The van der Waals surface area contributed by atoms with Crippen LogP contribution in [0.15, 0.2) is 0 Å². The lowest BCUT2D eigenvalue weighted by Gasteiger charge is -2.35. The van der Waals surface area contributed by atoms with E-state index in [-0.39, 0.29) is 0 Å². The molecule has 0 amide bonds. The van der Waals surface area contributed by atoms with E-state index in [4.69, 9.17) is 0 Å². The van der Waals surface area contributed by atoms with Gasteiger partial charge in [-0.25, -0.2) is 0 Å². The van der Waals surface area contributed by atoms with E-state index < -0.39 is 10.2 Å². The summed E-state index contributed by atoms with van der Waals surface area (Å²) in [7, 11) is -0.0339. The van der Waals surface area contributed by atoms with Gasteiger partial charge in [0.1, 0.15) is 0 Å². The Morgan fingerprint density at radius 3 is 1.93 bits per heavy atom. The van der Waals surface area contributed by atoms with Crippen LogP contribution in [0.5, 0.6) is 0 Å². The molecule has 0 aromatic heterocycles. The SMILES string of the molecule is C[C@@H]1C[C@H](C)CN(S(=O)(=O)N(C)C)C1. The van der Waals surface area contributed by atoms with Gasteiger partial charge in [-0.2, -0.15) is 17.0 Å². The zero-order chi connectivity index (χ0) is 10.9. The van der Waals surface area contributed by atoms with E-state index >= 15 is 0 Å². The average molecular weight is 220 g/mol. The molecule has 1 rings (SSSR count). The van der Waals surface area contributed by atoms with Crippen LogP contribution in [0.25, 0.3) is 0 Å². The van der Waals surface area contributed by atoms with Gasteiger partial charge in [-0.05, 0) is 18.3 Å². The van der Waals surface area contributed by atoms with E-state index in [1.807, 2.05) is 0 Å². The minimum atomic E-state index is -3.20. The minimum absolute atomic E-state index is 0.466. The molecule has 1 aliphatic heterocycles. The summed E-state index contributed by atoms with van der Waals surface area (Å²) in [6.45, 7) is 5.53. The predicted molar refractivity (Wildman–Crippen MR) is 57.1 cm³/mol. The van der Waals surface area contributed by atoms with Gasteiger partial charge in [0, 0.05) is 27.2 Å². The zero-order valence-electron chi connectivity index (χ0n) is 9.40. The Kier molecular flexibility index (Phi) is 3.55. The first-order chi connectivity index (χ1) is 6.34. The Morgan fingerprint density at radius 1 is 1.14 bits per heavy atom. The fourth-order valence-electron chi connectivity index (χ4n) is 2.03. The fourth-order valence-corrected chi connectivity index (χ4v) is 3.37. The molecule has 14 heavy (non-hydrogen) atoms. The van der Waals surface area contributed by atoms with Crippen molar-refractivity contribution in [3.8, 4) is 0 Å². The fraction of sp³-hybridized carbons (Fsp3) is 1.00. The van der Waals surface area contributed by atoms with Crippen molar-refractivity contribution in [1.82, 2.24) is 8.61 Å². The van der Waals surface area contributed by atoms with Gasteiger partial charge < -0.3 is 0 Å². The number of nitrogens with zero attached hydrogens (tertiary/aromatic N) is 2. The van der Waals surface area contributed by atoms with E-state index in [1.165, 1.54) is 4.31 Å². The first-order valence-electron chi connectivity index (χ1n) is 5.01. The normalized spacial score (nSPS) is 30.9. The second-order valence-corrected chi connectivity index (χ2v) is 6.70. The summed E-state index contributed by atoms with van der Waals surface area (Å²) in [5, 5.41) is 0. The monoisotopic (exact) mass is 220 g/mol. The van der Waals surface area contributed by atoms with E-state index in [2.05, 4.69) is 13.8 Å². The van der Waals surface area contributed by atoms with Crippen LogP contribution in [0, 0.1) is 11.8 Å². The summed E-state index contributed by atoms with van der Waals surface area (Å²) in [4.78, 5) is 0. The highest BCUT2D eigenvalue weighted by molar-refractivity contribution is 7.86. The summed E-state index contributed by atoms with van der Waals surface area (Å²) in [6.07, 6.45) is 1.12. The smallest absolute Gasteiger partial charge is 0.195 e. The van der Waals surface area contributed by atoms with Crippen molar-refractivity contribution in [3.05, 3.63) is 0 Å². The van der Waals surface area contributed by atoms with Gasteiger partial charge >= 0.3 is 0 Å². The maximum Gasteiger partial charge on any atom is 0.281 e. The molecule has 0 bridgehead atoms. The number of hydrogen-bond donors (Lipinski definition) is 0. The van der Waals surface area contributed by atoms with Crippen LogP contribution < -0.4 is 0 Å². The second kappa shape index (κ2) is 4.16. The van der Waals surface area contributed by atoms with E-state index in [1.54, 1.807) is 18.4 Å². The molecule has 0 aromatic rings. The van der Waals surface area contributed by atoms with E-state index in [0.717, 1.165) is 6.42 Å². The van der Waals surface area contributed by atoms with Gasteiger partial charge in [0.05, 0.1) is 0 Å². The number of hydrogen-bond acceptors (Lipinski definition) is 2. The Morgan fingerprint density at radius 2 is 1.57 bits per heavy atom. The molecule has 1 aliphatic rings. The van der Waals surface area contributed by atoms with Crippen LogP contribution in [0.2, 0.25) is 0 Å². The first kappa shape index (κ1) is 11.9. The van der Waals surface area contributed by atoms with Gasteiger partial charge in [0.15, 0.2) is 0 Å². The summed E-state index contributed by atoms with van der Waals surface area (Å²) in [5.74, 6) is 0.932. The summed E-state index contributed by atoms with van der Waals surface area (Å²) >= 11 is 0. The van der Waals surface area contributed by atoms with Crippen molar-refractivity contribution in [2.45, 2.75) is 20.3 Å². The van der Waals surface area contributed by atoms with Crippen molar-refractivity contribution >= 4 is 10.2 Å². The van der Waals surface area contributed by atoms with Gasteiger partial charge in [-0.15, -0.1) is 0 Å². The van der Waals surface area contributed by atoms with Crippen molar-refractivity contribution in [1.29, 1.82) is 0 Å². The molecule has 1 fully saturated rings. The number of piperidine rings is 1. The Labute approximate surface area is 87.1 Å². The van der Waals surface area contributed by atoms with Crippen molar-refractivity contribution < 1.29 is 8.42 Å². The molecule has 0 aromatic carbocycles. The molecular weight excluding hydrogens is 200 g/mol. The van der Waals surface area contributed by atoms with Crippen LogP contribution >= 0.6 is 0 Å². The topological polar surface area (TPSA) is 40.6 Å². The van der Waals surface area contributed by atoms with Crippen molar-refractivity contribution in [3.63, 3.8) is 0 Å². The third-order valence-electron chi connectivity index (χ3n) is 2.62. The lowest BCUT2D eigenvalue weighted by molar-refractivity contribution is 0.214. The summed E-state index contributed by atoms with van der Waals surface area (Å²) in [6, 6.07) is 0. The molecule has 0 spiro atoms. The third-order valence-corrected chi connectivity index (χ3v) is 4.50. The quantitative estimate of drug-likeness (QED) is 0.689.